The highest BCUT2D eigenvalue weighted by atomic mass is 14.8. The van der Waals surface area contributed by atoms with Crippen LogP contribution in [0.25, 0.3) is 10.9 Å². The summed E-state index contributed by atoms with van der Waals surface area (Å²) in [6, 6.07) is 10.5. The number of pyridine rings is 1. The van der Waals surface area contributed by atoms with Crippen molar-refractivity contribution in [2.24, 2.45) is 5.73 Å². The molecule has 2 nitrogen and oxygen atoms in total. The van der Waals surface area contributed by atoms with Crippen LogP contribution in [0.15, 0.2) is 36.5 Å². The Morgan fingerprint density at radius 3 is 2.59 bits per heavy atom. The van der Waals surface area contributed by atoms with Gasteiger partial charge in [-0.1, -0.05) is 18.2 Å². The average molecular weight is 226 g/mol. The van der Waals surface area contributed by atoms with Gasteiger partial charge in [0.05, 0.1) is 5.52 Å². The maximum Gasteiger partial charge on any atom is 0.0702 e. The third-order valence-corrected chi connectivity index (χ3v) is 4.13. The van der Waals surface area contributed by atoms with Gasteiger partial charge in [0.15, 0.2) is 0 Å². The van der Waals surface area contributed by atoms with Crippen molar-refractivity contribution in [2.75, 3.05) is 0 Å². The molecule has 88 valence electrons. The number of fused-ring (bicyclic) bond motifs is 1. The van der Waals surface area contributed by atoms with E-state index in [9.17, 15) is 0 Å². The maximum absolute atomic E-state index is 6.32. The normalized spacial score (nSPS) is 18.3. The Kier molecular flexibility index (Phi) is 2.08. The maximum atomic E-state index is 6.32. The fourth-order valence-electron chi connectivity index (χ4n) is 2.76. The Morgan fingerprint density at radius 2 is 1.94 bits per heavy atom. The smallest absolute Gasteiger partial charge is 0.0702 e. The van der Waals surface area contributed by atoms with Gasteiger partial charge in [0.1, 0.15) is 0 Å². The van der Waals surface area contributed by atoms with E-state index in [-0.39, 0.29) is 11.0 Å². The van der Waals surface area contributed by atoms with E-state index in [1.165, 1.54) is 23.8 Å². The second-order valence-electron chi connectivity index (χ2n) is 5.72. The molecule has 2 N–H and O–H groups in total. The summed E-state index contributed by atoms with van der Waals surface area (Å²) in [4.78, 5) is 4.55. The molecule has 2 heteroatoms. The largest absolute Gasteiger partial charge is 0.325 e. The molecule has 0 aliphatic heterocycles. The molecule has 0 atom stereocenters. The van der Waals surface area contributed by atoms with Gasteiger partial charge in [-0.3, -0.25) is 4.98 Å². The van der Waals surface area contributed by atoms with Crippen molar-refractivity contribution >= 4 is 10.9 Å². The van der Waals surface area contributed by atoms with E-state index in [4.69, 9.17) is 5.73 Å². The summed E-state index contributed by atoms with van der Waals surface area (Å²) >= 11 is 0. The van der Waals surface area contributed by atoms with Gasteiger partial charge in [0.25, 0.3) is 0 Å². The standard InChI is InChI=1S/C15H18N2/c1-14(2,16)15(7-8-15)12-9-11-5-3-4-6-13(11)17-10-12/h3-6,9-10H,7-8,16H2,1-2H3. The first kappa shape index (κ1) is 10.7. The number of hydrogen-bond donors (Lipinski definition) is 1. The molecule has 0 spiro atoms. The van der Waals surface area contributed by atoms with E-state index in [0.29, 0.717) is 0 Å². The number of aromatic nitrogens is 1. The first-order valence-electron chi connectivity index (χ1n) is 6.17. The number of hydrogen-bond acceptors (Lipinski definition) is 2. The van der Waals surface area contributed by atoms with Gasteiger partial charge < -0.3 is 5.73 Å². The number of rotatable bonds is 2. The van der Waals surface area contributed by atoms with Crippen molar-refractivity contribution in [1.29, 1.82) is 0 Å². The van der Waals surface area contributed by atoms with Crippen LogP contribution in [0.3, 0.4) is 0 Å². The summed E-state index contributed by atoms with van der Waals surface area (Å²) in [5, 5.41) is 1.21. The minimum Gasteiger partial charge on any atom is -0.325 e. The van der Waals surface area contributed by atoms with Crippen LogP contribution in [-0.2, 0) is 5.41 Å². The lowest BCUT2D eigenvalue weighted by atomic mass is 9.79. The van der Waals surface area contributed by atoms with Crippen LogP contribution in [0.2, 0.25) is 0 Å². The quantitative estimate of drug-likeness (QED) is 0.855. The zero-order chi connectivity index (χ0) is 12.1. The molecule has 0 unspecified atom stereocenters. The first-order chi connectivity index (χ1) is 8.03. The van der Waals surface area contributed by atoms with Crippen molar-refractivity contribution < 1.29 is 0 Å². The lowest BCUT2D eigenvalue weighted by Gasteiger charge is -2.31. The molecule has 2 aromatic rings. The van der Waals surface area contributed by atoms with Crippen molar-refractivity contribution in [3.05, 3.63) is 42.1 Å². The molecule has 0 radical (unpaired) electrons. The predicted molar refractivity (Wildman–Crippen MR) is 70.9 cm³/mol. The van der Waals surface area contributed by atoms with E-state index in [1.54, 1.807) is 0 Å². The summed E-state index contributed by atoms with van der Waals surface area (Å²) < 4.78 is 0. The third kappa shape index (κ3) is 1.55. The van der Waals surface area contributed by atoms with Crippen LogP contribution in [0.1, 0.15) is 32.3 Å². The molecule has 1 fully saturated rings. The average Bonchev–Trinajstić information content (AvgIpc) is 3.09. The minimum atomic E-state index is -0.170. The predicted octanol–water partition coefficient (Wildman–Crippen LogP) is 3.00. The zero-order valence-corrected chi connectivity index (χ0v) is 10.4. The molecule has 1 aliphatic rings. The molecule has 0 amide bonds. The molecule has 1 aliphatic carbocycles. The van der Waals surface area contributed by atoms with Gasteiger partial charge in [-0.2, -0.15) is 0 Å². The molecule has 1 aromatic carbocycles. The van der Waals surface area contributed by atoms with Crippen molar-refractivity contribution in [2.45, 2.75) is 37.6 Å². The second kappa shape index (κ2) is 3.30. The molecule has 0 saturated heterocycles. The van der Waals surface area contributed by atoms with E-state index >= 15 is 0 Å². The minimum absolute atomic E-state index is 0.143. The van der Waals surface area contributed by atoms with Crippen LogP contribution in [-0.4, -0.2) is 10.5 Å². The van der Waals surface area contributed by atoms with Gasteiger partial charge in [0.2, 0.25) is 0 Å². The molecule has 17 heavy (non-hydrogen) atoms. The van der Waals surface area contributed by atoms with Crippen LogP contribution in [0, 0.1) is 0 Å². The summed E-state index contributed by atoms with van der Waals surface area (Å²) in [5.74, 6) is 0. The summed E-state index contributed by atoms with van der Waals surface area (Å²) in [5.41, 5.74) is 8.65. The third-order valence-electron chi connectivity index (χ3n) is 4.13. The van der Waals surface area contributed by atoms with Gasteiger partial charge >= 0.3 is 0 Å². The van der Waals surface area contributed by atoms with Crippen molar-refractivity contribution in [1.82, 2.24) is 4.98 Å². The summed E-state index contributed by atoms with van der Waals surface area (Å²) in [6.07, 6.45) is 4.36. The molecular weight excluding hydrogens is 208 g/mol. The number of benzene rings is 1. The summed E-state index contributed by atoms with van der Waals surface area (Å²) in [6.45, 7) is 4.24. The first-order valence-corrected chi connectivity index (χ1v) is 6.17. The molecular formula is C15H18N2. The van der Waals surface area contributed by atoms with Gasteiger partial charge in [-0.05, 0) is 44.4 Å². The molecule has 0 bridgehead atoms. The number of nitrogens with zero attached hydrogens (tertiary/aromatic N) is 1. The Morgan fingerprint density at radius 1 is 1.24 bits per heavy atom. The highest BCUT2D eigenvalue weighted by Crippen LogP contribution is 2.54. The molecule has 3 rings (SSSR count). The van der Waals surface area contributed by atoms with Crippen molar-refractivity contribution in [3.63, 3.8) is 0 Å². The molecule has 1 heterocycles. The van der Waals surface area contributed by atoms with E-state index < -0.39 is 0 Å². The number of nitrogens with two attached hydrogens (primary N) is 1. The lowest BCUT2D eigenvalue weighted by molar-refractivity contribution is 0.391. The van der Waals surface area contributed by atoms with E-state index in [2.05, 4.69) is 37.0 Å². The fraction of sp³-hybridized carbons (Fsp3) is 0.400. The Bertz CT molecular complexity index is 562. The van der Waals surface area contributed by atoms with Crippen LogP contribution < -0.4 is 5.73 Å². The number of para-hydroxylation sites is 1. The van der Waals surface area contributed by atoms with Gasteiger partial charge in [-0.25, -0.2) is 0 Å². The lowest BCUT2D eigenvalue weighted by Crippen LogP contribution is -2.45. The highest BCUT2D eigenvalue weighted by Gasteiger charge is 2.53. The van der Waals surface area contributed by atoms with Crippen LogP contribution in [0.5, 0.6) is 0 Å². The van der Waals surface area contributed by atoms with Crippen LogP contribution >= 0.6 is 0 Å². The Balaban J connectivity index is 2.13. The second-order valence-corrected chi connectivity index (χ2v) is 5.72. The summed E-state index contributed by atoms with van der Waals surface area (Å²) in [7, 11) is 0. The zero-order valence-electron chi connectivity index (χ0n) is 10.4. The molecule has 1 saturated carbocycles. The monoisotopic (exact) mass is 226 g/mol. The Hall–Kier alpha value is -1.41. The fourth-order valence-corrected chi connectivity index (χ4v) is 2.76. The van der Waals surface area contributed by atoms with Crippen molar-refractivity contribution in [3.8, 4) is 0 Å². The van der Waals surface area contributed by atoms with Gasteiger partial charge in [0, 0.05) is 22.5 Å². The van der Waals surface area contributed by atoms with E-state index in [1.807, 2.05) is 18.3 Å². The SMILES string of the molecule is CC(C)(N)C1(c2cnc3ccccc3c2)CC1. The van der Waals surface area contributed by atoms with E-state index in [0.717, 1.165) is 5.52 Å². The highest BCUT2D eigenvalue weighted by molar-refractivity contribution is 5.79. The Labute approximate surface area is 102 Å². The van der Waals surface area contributed by atoms with Gasteiger partial charge in [-0.15, -0.1) is 0 Å². The molecule has 1 aromatic heterocycles. The van der Waals surface area contributed by atoms with Crippen LogP contribution in [0.4, 0.5) is 0 Å². The topological polar surface area (TPSA) is 38.9 Å².